The summed E-state index contributed by atoms with van der Waals surface area (Å²) in [6.45, 7) is 5.57. The Hall–Kier alpha value is -1.21. The maximum atomic E-state index is 12.3. The van der Waals surface area contributed by atoms with Crippen molar-refractivity contribution in [2.75, 3.05) is 58.5 Å². The topological polar surface area (TPSA) is 51.2 Å². The minimum absolute atomic E-state index is 0. The molecule has 2 aliphatic rings. The lowest BCUT2D eigenvalue weighted by atomic mass is 9.87. The molecule has 2 unspecified atom stereocenters. The molecule has 0 N–H and O–H groups in total. The molecule has 30 heavy (non-hydrogen) atoms. The van der Waals surface area contributed by atoms with Gasteiger partial charge in [-0.2, -0.15) is 0 Å². The minimum atomic E-state index is -0.0374. The van der Waals surface area contributed by atoms with Crippen LogP contribution in [0.4, 0.5) is 5.69 Å². The second kappa shape index (κ2) is 14.0. The summed E-state index contributed by atoms with van der Waals surface area (Å²) in [6.07, 6.45) is 4.96. The molecule has 0 radical (unpaired) electrons. The Morgan fingerprint density at radius 1 is 1.10 bits per heavy atom. The molecule has 1 aliphatic carbocycles. The van der Waals surface area contributed by atoms with Gasteiger partial charge in [-0.05, 0) is 37.8 Å². The van der Waals surface area contributed by atoms with Gasteiger partial charge in [0.25, 0.3) is 0 Å². The zero-order valence-electron chi connectivity index (χ0n) is 18.1. The number of nitrogens with zero attached hydrogens (tertiary/aromatic N) is 2. The van der Waals surface area contributed by atoms with Crippen molar-refractivity contribution in [1.82, 2.24) is 4.90 Å². The van der Waals surface area contributed by atoms with E-state index in [1.165, 1.54) is 5.69 Å². The lowest BCUT2D eigenvalue weighted by Gasteiger charge is -2.36. The lowest BCUT2D eigenvalue weighted by molar-refractivity contribution is -0.151. The van der Waals surface area contributed by atoms with Crippen molar-refractivity contribution in [2.24, 2.45) is 5.92 Å². The third-order valence-electron chi connectivity index (χ3n) is 5.95. The fourth-order valence-corrected chi connectivity index (χ4v) is 4.19. The van der Waals surface area contributed by atoms with Crippen LogP contribution in [0.3, 0.4) is 0 Å². The number of benzene rings is 1. The van der Waals surface area contributed by atoms with E-state index in [1.807, 2.05) is 12.1 Å². The Bertz CT molecular complexity index is 627. The second-order valence-corrected chi connectivity index (χ2v) is 7.77. The minimum Gasteiger partial charge on any atom is -0.497 e. The number of carbonyl (C=O) groups excluding carboxylic acids is 1. The van der Waals surface area contributed by atoms with Gasteiger partial charge in [0.05, 0.1) is 25.7 Å². The highest BCUT2D eigenvalue weighted by Gasteiger charge is 2.28. The molecular weight excluding hydrogens is 427 g/mol. The summed E-state index contributed by atoms with van der Waals surface area (Å²) >= 11 is 0. The first-order valence-electron chi connectivity index (χ1n) is 10.5. The third kappa shape index (κ3) is 7.80. The average Bonchev–Trinajstić information content (AvgIpc) is 2.77. The van der Waals surface area contributed by atoms with Crippen LogP contribution in [0.1, 0.15) is 32.1 Å². The van der Waals surface area contributed by atoms with Crippen LogP contribution in [0.5, 0.6) is 5.75 Å². The molecule has 0 bridgehead atoms. The largest absolute Gasteiger partial charge is 0.497 e. The van der Waals surface area contributed by atoms with E-state index >= 15 is 0 Å². The Morgan fingerprint density at radius 2 is 1.87 bits per heavy atom. The normalized spacial score (nSPS) is 21.9. The number of hydrogen-bond acceptors (Lipinski definition) is 6. The molecule has 1 aromatic carbocycles. The van der Waals surface area contributed by atoms with Crippen molar-refractivity contribution in [3.63, 3.8) is 0 Å². The van der Waals surface area contributed by atoms with Gasteiger partial charge in [0, 0.05) is 51.6 Å². The van der Waals surface area contributed by atoms with Crippen molar-refractivity contribution >= 4 is 36.5 Å². The fraction of sp³-hybridized carbons (Fsp3) is 0.682. The highest BCUT2D eigenvalue weighted by atomic mass is 35.5. The molecule has 172 valence electrons. The van der Waals surface area contributed by atoms with Gasteiger partial charge >= 0.3 is 5.97 Å². The van der Waals surface area contributed by atoms with Crippen LogP contribution in [0.15, 0.2) is 24.3 Å². The van der Waals surface area contributed by atoms with Crippen molar-refractivity contribution in [3.05, 3.63) is 24.3 Å². The summed E-state index contributed by atoms with van der Waals surface area (Å²) in [7, 11) is 3.43. The number of esters is 1. The highest BCUT2D eigenvalue weighted by Crippen LogP contribution is 2.27. The van der Waals surface area contributed by atoms with Crippen molar-refractivity contribution < 1.29 is 19.0 Å². The zero-order chi connectivity index (χ0) is 19.8. The second-order valence-electron chi connectivity index (χ2n) is 7.77. The van der Waals surface area contributed by atoms with Gasteiger partial charge in [-0.3, -0.25) is 9.69 Å². The van der Waals surface area contributed by atoms with E-state index in [1.54, 1.807) is 14.2 Å². The summed E-state index contributed by atoms with van der Waals surface area (Å²) in [5.74, 6) is 0.881. The first kappa shape index (κ1) is 26.8. The zero-order valence-corrected chi connectivity index (χ0v) is 19.7. The molecule has 1 aromatic rings. The van der Waals surface area contributed by atoms with Gasteiger partial charge < -0.3 is 19.1 Å². The number of hydrogen-bond donors (Lipinski definition) is 0. The third-order valence-corrected chi connectivity index (χ3v) is 5.95. The molecule has 2 atom stereocenters. The maximum Gasteiger partial charge on any atom is 0.309 e. The number of ether oxygens (including phenoxy) is 3. The molecule has 3 rings (SSSR count). The van der Waals surface area contributed by atoms with Crippen molar-refractivity contribution in [3.8, 4) is 5.75 Å². The van der Waals surface area contributed by atoms with Crippen LogP contribution >= 0.6 is 24.8 Å². The highest BCUT2D eigenvalue weighted by molar-refractivity contribution is 5.85. The Kier molecular flexibility index (Phi) is 12.5. The van der Waals surface area contributed by atoms with Crippen molar-refractivity contribution in [2.45, 2.75) is 38.2 Å². The summed E-state index contributed by atoms with van der Waals surface area (Å²) in [4.78, 5) is 17.1. The number of piperazine rings is 1. The fourth-order valence-electron chi connectivity index (χ4n) is 4.19. The van der Waals surface area contributed by atoms with Gasteiger partial charge in [0.2, 0.25) is 0 Å². The van der Waals surface area contributed by atoms with Crippen LogP contribution in [-0.2, 0) is 14.3 Å². The molecular formula is C22H36Cl2N2O4. The van der Waals surface area contributed by atoms with E-state index in [2.05, 4.69) is 21.9 Å². The van der Waals surface area contributed by atoms with Gasteiger partial charge in [0.1, 0.15) is 5.75 Å². The summed E-state index contributed by atoms with van der Waals surface area (Å²) < 4.78 is 16.3. The van der Waals surface area contributed by atoms with E-state index in [0.717, 1.165) is 70.6 Å². The Morgan fingerprint density at radius 3 is 2.57 bits per heavy atom. The first-order chi connectivity index (χ1) is 13.7. The monoisotopic (exact) mass is 462 g/mol. The molecule has 0 spiro atoms. The molecule has 1 saturated carbocycles. The molecule has 1 saturated heterocycles. The van der Waals surface area contributed by atoms with Gasteiger partial charge in [0.15, 0.2) is 0 Å². The summed E-state index contributed by atoms with van der Waals surface area (Å²) in [5.41, 5.74) is 1.22. The molecule has 0 aromatic heterocycles. The van der Waals surface area contributed by atoms with Gasteiger partial charge in [-0.25, -0.2) is 0 Å². The first-order valence-corrected chi connectivity index (χ1v) is 10.5. The Labute approximate surface area is 193 Å². The van der Waals surface area contributed by atoms with E-state index in [9.17, 15) is 4.79 Å². The van der Waals surface area contributed by atoms with E-state index < -0.39 is 0 Å². The standard InChI is InChI=1S/C22H34N2O4.2ClH/c1-26-20-8-3-6-18(16-20)22(25)28-15-5-10-23-11-13-24(14-12-23)19-7-4-9-21(17-19)27-2;;/h4,7,9,17-18,20H,3,5-6,8,10-16H2,1-2H3;2*1H. The smallest absolute Gasteiger partial charge is 0.309 e. The molecule has 8 heteroatoms. The molecule has 1 aliphatic heterocycles. The quantitative estimate of drug-likeness (QED) is 0.432. The van der Waals surface area contributed by atoms with Crippen LogP contribution in [0, 0.1) is 5.92 Å². The predicted octanol–water partition coefficient (Wildman–Crippen LogP) is 3.80. The van der Waals surface area contributed by atoms with Crippen LogP contribution in [-0.4, -0.2) is 70.5 Å². The number of anilines is 1. The van der Waals surface area contributed by atoms with Crippen LogP contribution in [0.25, 0.3) is 0 Å². The molecule has 1 heterocycles. The number of halogens is 2. The molecule has 6 nitrogen and oxygen atoms in total. The van der Waals surface area contributed by atoms with Gasteiger partial charge in [-0.1, -0.05) is 12.5 Å². The van der Waals surface area contributed by atoms with E-state index in [4.69, 9.17) is 14.2 Å². The maximum absolute atomic E-state index is 12.3. The van der Waals surface area contributed by atoms with Gasteiger partial charge in [-0.15, -0.1) is 24.8 Å². The van der Waals surface area contributed by atoms with Crippen molar-refractivity contribution in [1.29, 1.82) is 0 Å². The lowest BCUT2D eigenvalue weighted by Crippen LogP contribution is -2.46. The number of rotatable bonds is 8. The van der Waals surface area contributed by atoms with E-state index in [-0.39, 0.29) is 42.8 Å². The SMILES string of the molecule is COc1cccc(N2CCN(CCCOC(=O)C3CCCC(OC)C3)CC2)c1.Cl.Cl. The Balaban J connectivity index is 0.00000225. The van der Waals surface area contributed by atoms with Crippen LogP contribution < -0.4 is 9.64 Å². The van der Waals surface area contributed by atoms with Crippen LogP contribution in [0.2, 0.25) is 0 Å². The summed E-state index contributed by atoms with van der Waals surface area (Å²) in [6, 6.07) is 8.24. The predicted molar refractivity (Wildman–Crippen MR) is 124 cm³/mol. The summed E-state index contributed by atoms with van der Waals surface area (Å²) in [5, 5.41) is 0. The molecule has 0 amide bonds. The number of carbonyl (C=O) groups is 1. The average molecular weight is 463 g/mol. The molecule has 2 fully saturated rings. The number of methoxy groups -OCH3 is 2. The van der Waals surface area contributed by atoms with E-state index in [0.29, 0.717) is 6.61 Å².